The van der Waals surface area contributed by atoms with Gasteiger partial charge in [0.25, 0.3) is 5.91 Å². The van der Waals surface area contributed by atoms with Gasteiger partial charge in [-0.1, -0.05) is 30.3 Å². The van der Waals surface area contributed by atoms with Crippen LogP contribution in [0, 0.1) is 5.82 Å². The van der Waals surface area contributed by atoms with Crippen LogP contribution in [0.4, 0.5) is 10.2 Å². The second-order valence-corrected chi connectivity index (χ2v) is 8.82. The first-order chi connectivity index (χ1) is 17.7. The second-order valence-electron chi connectivity index (χ2n) is 8.82. The summed E-state index contributed by atoms with van der Waals surface area (Å²) in [6.45, 7) is 0.266. The molecule has 0 spiro atoms. The van der Waals surface area contributed by atoms with Crippen molar-refractivity contribution < 1.29 is 9.18 Å². The molecule has 7 nitrogen and oxygen atoms in total. The molecule has 3 aromatic heterocycles. The Labute approximate surface area is 207 Å². The van der Waals surface area contributed by atoms with Crippen molar-refractivity contribution in [1.82, 2.24) is 24.7 Å². The van der Waals surface area contributed by atoms with Crippen LogP contribution in [0.25, 0.3) is 28.2 Å². The molecule has 1 saturated carbocycles. The van der Waals surface area contributed by atoms with Gasteiger partial charge in [-0.3, -0.25) is 14.2 Å². The molecule has 36 heavy (non-hydrogen) atoms. The number of nitrogens with one attached hydrogen (secondary N) is 2. The van der Waals surface area contributed by atoms with Gasteiger partial charge in [0.2, 0.25) is 0 Å². The monoisotopic (exact) mass is 478 g/mol. The van der Waals surface area contributed by atoms with Crippen molar-refractivity contribution in [3.63, 3.8) is 0 Å². The zero-order valence-corrected chi connectivity index (χ0v) is 19.4. The molecular weight excluding hydrogens is 455 g/mol. The number of carbonyl (C=O) groups excluding carboxylic acids is 1. The van der Waals surface area contributed by atoms with E-state index in [2.05, 4.69) is 20.6 Å². The molecule has 178 valence electrons. The van der Waals surface area contributed by atoms with Gasteiger partial charge in [0.1, 0.15) is 5.82 Å². The minimum absolute atomic E-state index is 0.0500. The van der Waals surface area contributed by atoms with Crippen molar-refractivity contribution in [2.24, 2.45) is 0 Å². The van der Waals surface area contributed by atoms with Gasteiger partial charge in [0.15, 0.2) is 11.5 Å². The molecule has 2 N–H and O–H groups in total. The van der Waals surface area contributed by atoms with E-state index >= 15 is 0 Å². The van der Waals surface area contributed by atoms with Gasteiger partial charge in [-0.15, -0.1) is 0 Å². The van der Waals surface area contributed by atoms with Gasteiger partial charge in [-0.25, -0.2) is 14.4 Å². The fourth-order valence-corrected chi connectivity index (χ4v) is 4.09. The summed E-state index contributed by atoms with van der Waals surface area (Å²) in [4.78, 5) is 25.9. The normalized spacial score (nSPS) is 13.0. The molecule has 0 saturated heterocycles. The highest BCUT2D eigenvalue weighted by molar-refractivity contribution is 5.95. The number of pyridine rings is 1. The molecule has 3 heterocycles. The van der Waals surface area contributed by atoms with E-state index in [1.165, 1.54) is 6.07 Å². The topological polar surface area (TPSA) is 84.2 Å². The van der Waals surface area contributed by atoms with E-state index in [1.807, 2.05) is 47.0 Å². The quantitative estimate of drug-likeness (QED) is 0.340. The predicted molar refractivity (Wildman–Crippen MR) is 136 cm³/mol. The number of amides is 1. The zero-order valence-electron chi connectivity index (χ0n) is 19.4. The third-order valence-corrected chi connectivity index (χ3v) is 6.23. The predicted octanol–water partition coefficient (Wildman–Crippen LogP) is 5.10. The molecule has 5 aromatic rings. The van der Waals surface area contributed by atoms with Gasteiger partial charge in [0.05, 0.1) is 17.6 Å². The Kier molecular flexibility index (Phi) is 5.61. The molecule has 0 aliphatic heterocycles. The number of carbonyl (C=O) groups is 1. The number of rotatable bonds is 7. The third-order valence-electron chi connectivity index (χ3n) is 6.23. The van der Waals surface area contributed by atoms with Crippen LogP contribution >= 0.6 is 0 Å². The van der Waals surface area contributed by atoms with Gasteiger partial charge in [0, 0.05) is 53.4 Å². The van der Waals surface area contributed by atoms with Gasteiger partial charge in [-0.05, 0) is 43.2 Å². The van der Waals surface area contributed by atoms with Crippen molar-refractivity contribution in [2.75, 3.05) is 5.32 Å². The molecule has 8 heteroatoms. The number of halogens is 1. The lowest BCUT2D eigenvalue weighted by Gasteiger charge is -2.12. The van der Waals surface area contributed by atoms with E-state index in [0.29, 0.717) is 28.6 Å². The molecule has 1 amide bonds. The van der Waals surface area contributed by atoms with Crippen LogP contribution in [0.3, 0.4) is 0 Å². The third kappa shape index (κ3) is 4.40. The molecule has 1 aliphatic carbocycles. The van der Waals surface area contributed by atoms with Crippen molar-refractivity contribution in [3.05, 3.63) is 102 Å². The lowest BCUT2D eigenvalue weighted by atomic mass is 10.1. The number of fused-ring (bicyclic) bond motifs is 1. The maximum atomic E-state index is 14.2. The van der Waals surface area contributed by atoms with E-state index in [-0.39, 0.29) is 18.3 Å². The Morgan fingerprint density at radius 2 is 1.78 bits per heavy atom. The van der Waals surface area contributed by atoms with Crippen molar-refractivity contribution >= 4 is 17.4 Å². The number of anilines is 1. The van der Waals surface area contributed by atoms with Crippen LogP contribution < -0.4 is 10.6 Å². The Balaban J connectivity index is 1.38. The molecular formula is C28H23FN6O. The Morgan fingerprint density at radius 3 is 2.53 bits per heavy atom. The van der Waals surface area contributed by atoms with Crippen LogP contribution in [0.5, 0.6) is 0 Å². The van der Waals surface area contributed by atoms with E-state index in [1.54, 1.807) is 36.8 Å². The minimum Gasteiger partial charge on any atom is -0.363 e. The summed E-state index contributed by atoms with van der Waals surface area (Å²) in [7, 11) is 0. The number of aromatic nitrogens is 4. The molecule has 0 atom stereocenters. The maximum Gasteiger partial charge on any atom is 0.251 e. The summed E-state index contributed by atoms with van der Waals surface area (Å²) in [5.74, 6) is 0.214. The highest BCUT2D eigenvalue weighted by atomic mass is 19.1. The summed E-state index contributed by atoms with van der Waals surface area (Å²) >= 11 is 0. The number of imidazole rings is 1. The Hall–Kier alpha value is -4.59. The molecule has 0 unspecified atom stereocenters. The second kappa shape index (κ2) is 9.22. The lowest BCUT2D eigenvalue weighted by molar-refractivity contribution is 0.0951. The van der Waals surface area contributed by atoms with Crippen molar-refractivity contribution in [3.8, 4) is 22.5 Å². The van der Waals surface area contributed by atoms with E-state index < -0.39 is 0 Å². The van der Waals surface area contributed by atoms with Crippen LogP contribution in [-0.2, 0) is 6.54 Å². The highest BCUT2D eigenvalue weighted by Crippen LogP contribution is 2.28. The zero-order chi connectivity index (χ0) is 24.5. The fourth-order valence-electron chi connectivity index (χ4n) is 4.09. The lowest BCUT2D eigenvalue weighted by Crippen LogP contribution is -2.25. The number of hydrogen-bond acceptors (Lipinski definition) is 5. The number of hydrogen-bond donors (Lipinski definition) is 2. The first-order valence-corrected chi connectivity index (χ1v) is 11.8. The van der Waals surface area contributed by atoms with Crippen LogP contribution in [0.2, 0.25) is 0 Å². The SMILES string of the molecule is O=C(NC1CC1)c1ccc(-c2cnc3c(NCc4ccccc4F)nc(-c4ccncc4)cn23)cc1. The van der Waals surface area contributed by atoms with Gasteiger partial charge in [-0.2, -0.15) is 0 Å². The minimum atomic E-state index is -0.277. The summed E-state index contributed by atoms with van der Waals surface area (Å²) in [5.41, 5.74) is 5.18. The smallest absolute Gasteiger partial charge is 0.251 e. The number of benzene rings is 2. The van der Waals surface area contributed by atoms with E-state index in [0.717, 1.165) is 35.4 Å². The average molecular weight is 479 g/mol. The van der Waals surface area contributed by atoms with E-state index in [4.69, 9.17) is 4.98 Å². The molecule has 2 aromatic carbocycles. The fraction of sp³-hybridized carbons (Fsp3) is 0.143. The van der Waals surface area contributed by atoms with Gasteiger partial charge >= 0.3 is 0 Å². The molecule has 1 fully saturated rings. The summed E-state index contributed by atoms with van der Waals surface area (Å²) < 4.78 is 16.2. The molecule has 6 rings (SSSR count). The van der Waals surface area contributed by atoms with Crippen LogP contribution in [0.1, 0.15) is 28.8 Å². The molecule has 0 radical (unpaired) electrons. The van der Waals surface area contributed by atoms with Crippen LogP contribution in [-0.4, -0.2) is 31.3 Å². The van der Waals surface area contributed by atoms with Crippen molar-refractivity contribution in [2.45, 2.75) is 25.4 Å². The average Bonchev–Trinajstić information content (AvgIpc) is 3.63. The Bertz CT molecular complexity index is 1540. The number of nitrogens with zero attached hydrogens (tertiary/aromatic N) is 4. The summed E-state index contributed by atoms with van der Waals surface area (Å²) in [5, 5.41) is 6.28. The van der Waals surface area contributed by atoms with Gasteiger partial charge < -0.3 is 10.6 Å². The summed E-state index contributed by atoms with van der Waals surface area (Å²) in [6.07, 6.45) is 9.23. The summed E-state index contributed by atoms with van der Waals surface area (Å²) in [6, 6.07) is 18.2. The highest BCUT2D eigenvalue weighted by Gasteiger charge is 2.23. The largest absolute Gasteiger partial charge is 0.363 e. The van der Waals surface area contributed by atoms with Crippen LogP contribution in [0.15, 0.2) is 85.5 Å². The maximum absolute atomic E-state index is 14.2. The first kappa shape index (κ1) is 21.9. The first-order valence-electron chi connectivity index (χ1n) is 11.8. The van der Waals surface area contributed by atoms with E-state index in [9.17, 15) is 9.18 Å². The Morgan fingerprint density at radius 1 is 1.00 bits per heavy atom. The molecule has 0 bridgehead atoms. The van der Waals surface area contributed by atoms with Crippen molar-refractivity contribution in [1.29, 1.82) is 0 Å². The standard InChI is InChI=1S/C28H23FN6O/c29-23-4-2-1-3-21(23)15-31-26-27-32-16-25(35(27)17-24(34-26)18-11-13-30-14-12-18)19-5-7-20(8-6-19)28(36)33-22-9-10-22/h1-8,11-14,16-17,22H,9-10,15H2,(H,31,34)(H,33,36). The molecule has 1 aliphatic rings.